The van der Waals surface area contributed by atoms with Gasteiger partial charge in [-0.25, -0.2) is 4.98 Å². The molecule has 0 radical (unpaired) electrons. The number of thiazole rings is 1. The Kier molecular flexibility index (Phi) is 9.76. The third-order valence-electron chi connectivity index (χ3n) is 7.54. The summed E-state index contributed by atoms with van der Waals surface area (Å²) >= 11 is 3.61. The van der Waals surface area contributed by atoms with Crippen molar-refractivity contribution in [3.05, 3.63) is 69.7 Å². The third kappa shape index (κ3) is 7.18. The van der Waals surface area contributed by atoms with E-state index in [0.29, 0.717) is 42.1 Å². The molecule has 2 N–H and O–H groups in total. The molecule has 2 aromatic carbocycles. The van der Waals surface area contributed by atoms with Crippen LogP contribution in [0.2, 0.25) is 0 Å². The average Bonchev–Trinajstić information content (AvgIpc) is 3.64. The number of anilines is 3. The lowest BCUT2D eigenvalue weighted by Crippen LogP contribution is -2.47. The molecule has 1 aromatic heterocycles. The Bertz CT molecular complexity index is 1400. The molecule has 3 heterocycles. The molecule has 5 rings (SSSR count). The minimum absolute atomic E-state index is 0.193. The zero-order chi connectivity index (χ0) is 28.8. The number of likely N-dealkylation sites (tertiary alicyclic amines) is 1. The van der Waals surface area contributed by atoms with Crippen molar-refractivity contribution in [2.75, 3.05) is 60.9 Å². The Morgan fingerprint density at radius 2 is 1.76 bits per heavy atom. The molecule has 0 spiro atoms. The van der Waals surface area contributed by atoms with Crippen LogP contribution >= 0.6 is 33.9 Å². The zero-order valence-corrected chi connectivity index (χ0v) is 26.2. The molecule has 0 bridgehead atoms. The quantitative estimate of drug-likeness (QED) is 0.182. The molecule has 216 valence electrons. The van der Waals surface area contributed by atoms with E-state index in [-0.39, 0.29) is 17.7 Å². The molecule has 11 heteroatoms. The van der Waals surface area contributed by atoms with Crippen LogP contribution in [0.3, 0.4) is 0 Å². The number of carbonyl (C=O) groups is 3. The van der Waals surface area contributed by atoms with Crippen molar-refractivity contribution in [1.29, 1.82) is 0 Å². The van der Waals surface area contributed by atoms with Crippen LogP contribution in [0.5, 0.6) is 0 Å². The van der Waals surface area contributed by atoms with Gasteiger partial charge < -0.3 is 25.3 Å². The highest BCUT2D eigenvalue weighted by Crippen LogP contribution is 2.31. The van der Waals surface area contributed by atoms with Crippen molar-refractivity contribution in [3.63, 3.8) is 0 Å². The summed E-state index contributed by atoms with van der Waals surface area (Å²) in [6.45, 7) is 7.36. The minimum atomic E-state index is -0.230. The average molecular weight is 687 g/mol. The molecule has 41 heavy (non-hydrogen) atoms. The molecular weight excluding hydrogens is 651 g/mol. The van der Waals surface area contributed by atoms with Gasteiger partial charge in [0.1, 0.15) is 9.88 Å². The number of halogens is 1. The van der Waals surface area contributed by atoms with Crippen LogP contribution in [0.4, 0.5) is 17.1 Å². The number of aryl methyl sites for hydroxylation is 1. The van der Waals surface area contributed by atoms with Gasteiger partial charge in [-0.15, -0.1) is 11.3 Å². The first-order chi connectivity index (χ1) is 19.9. The van der Waals surface area contributed by atoms with E-state index in [1.165, 1.54) is 22.6 Å². The van der Waals surface area contributed by atoms with E-state index in [9.17, 15) is 14.4 Å². The second kappa shape index (κ2) is 13.6. The summed E-state index contributed by atoms with van der Waals surface area (Å²) in [6, 6.07) is 13.9. The van der Waals surface area contributed by atoms with Crippen LogP contribution in [0, 0.1) is 6.92 Å². The predicted octanol–water partition coefficient (Wildman–Crippen LogP) is 4.71. The number of nitrogens with one attached hydrogen (secondary N) is 2. The van der Waals surface area contributed by atoms with Gasteiger partial charge in [-0.05, 0) is 49.6 Å². The van der Waals surface area contributed by atoms with Gasteiger partial charge in [-0.3, -0.25) is 14.4 Å². The molecule has 0 atom stereocenters. The fourth-order valence-electron chi connectivity index (χ4n) is 5.33. The molecule has 0 aliphatic carbocycles. The maximum Gasteiger partial charge on any atom is 0.267 e. The third-order valence-corrected chi connectivity index (χ3v) is 9.77. The van der Waals surface area contributed by atoms with Gasteiger partial charge in [0.05, 0.1) is 22.0 Å². The van der Waals surface area contributed by atoms with Crippen molar-refractivity contribution in [1.82, 2.24) is 15.2 Å². The number of amides is 3. The molecule has 0 unspecified atom stereocenters. The topological polar surface area (TPSA) is 97.9 Å². The first kappa shape index (κ1) is 29.3. The van der Waals surface area contributed by atoms with E-state index in [0.717, 1.165) is 54.3 Å². The highest BCUT2D eigenvalue weighted by molar-refractivity contribution is 14.1. The number of hydrogen-bond acceptors (Lipinski definition) is 7. The SMILES string of the molecule is Cc1ccccc1N1CCN(c2ccc(C(=O)NCCCN3CCCC3=O)cc2NC(=O)c2cnc(CI)s2)CC1. The Balaban J connectivity index is 1.29. The van der Waals surface area contributed by atoms with Crippen molar-refractivity contribution in [3.8, 4) is 0 Å². The monoisotopic (exact) mass is 686 g/mol. The second-order valence-corrected chi connectivity index (χ2v) is 12.2. The minimum Gasteiger partial charge on any atom is -0.368 e. The number of rotatable bonds is 10. The molecule has 9 nitrogen and oxygen atoms in total. The maximum atomic E-state index is 13.2. The first-order valence-electron chi connectivity index (χ1n) is 14.0. The summed E-state index contributed by atoms with van der Waals surface area (Å²) in [7, 11) is 0. The number of para-hydroxylation sites is 1. The zero-order valence-electron chi connectivity index (χ0n) is 23.2. The van der Waals surface area contributed by atoms with Crippen LogP contribution in [-0.2, 0) is 9.22 Å². The lowest BCUT2D eigenvalue weighted by atomic mass is 10.1. The summed E-state index contributed by atoms with van der Waals surface area (Å²) < 4.78 is 0.744. The molecule has 0 saturated carbocycles. The van der Waals surface area contributed by atoms with Crippen molar-refractivity contribution < 1.29 is 14.4 Å². The van der Waals surface area contributed by atoms with Gasteiger partial charge in [-0.2, -0.15) is 0 Å². The van der Waals surface area contributed by atoms with Gasteiger partial charge >= 0.3 is 0 Å². The molecule has 2 aliphatic heterocycles. The van der Waals surface area contributed by atoms with E-state index >= 15 is 0 Å². The second-order valence-electron chi connectivity index (χ2n) is 10.3. The normalized spacial score (nSPS) is 15.4. The van der Waals surface area contributed by atoms with Crippen molar-refractivity contribution in [2.45, 2.75) is 30.6 Å². The molecule has 2 aliphatic rings. The highest BCUT2D eigenvalue weighted by Gasteiger charge is 2.23. The molecule has 2 saturated heterocycles. The molecule has 3 amide bonds. The number of aromatic nitrogens is 1. The fraction of sp³-hybridized carbons (Fsp3) is 0.400. The van der Waals surface area contributed by atoms with Gasteiger partial charge in [0.25, 0.3) is 11.8 Å². The van der Waals surface area contributed by atoms with Gasteiger partial charge in [0.2, 0.25) is 5.91 Å². The Morgan fingerprint density at radius 1 is 1.00 bits per heavy atom. The van der Waals surface area contributed by atoms with Crippen LogP contribution in [0.15, 0.2) is 48.7 Å². The predicted molar refractivity (Wildman–Crippen MR) is 173 cm³/mol. The lowest BCUT2D eigenvalue weighted by Gasteiger charge is -2.38. The number of nitrogens with zero attached hydrogens (tertiary/aromatic N) is 4. The summed E-state index contributed by atoms with van der Waals surface area (Å²) in [5.74, 6) is -0.237. The van der Waals surface area contributed by atoms with Crippen molar-refractivity contribution >= 4 is 68.7 Å². The van der Waals surface area contributed by atoms with Crippen LogP contribution in [0.25, 0.3) is 0 Å². The van der Waals surface area contributed by atoms with Gasteiger partial charge in [0, 0.05) is 63.5 Å². The van der Waals surface area contributed by atoms with Crippen LogP contribution < -0.4 is 20.4 Å². The number of alkyl halides is 1. The van der Waals surface area contributed by atoms with Gasteiger partial charge in [0.15, 0.2) is 0 Å². The van der Waals surface area contributed by atoms with Crippen molar-refractivity contribution in [2.24, 2.45) is 0 Å². The molecular formula is C30H35IN6O3S. The summed E-state index contributed by atoms with van der Waals surface area (Å²) in [5.41, 5.74) is 4.49. The number of carbonyl (C=O) groups excluding carboxylic acids is 3. The van der Waals surface area contributed by atoms with E-state index in [1.807, 2.05) is 17.0 Å². The number of piperazine rings is 1. The standard InChI is InChI=1S/C30H35IN6O3S/c1-21-6-2-3-7-24(21)35-14-16-36(17-15-35)25-10-9-22(29(39)32-11-5-13-37-12-4-8-28(37)38)18-23(25)34-30(40)26-20-33-27(19-31)41-26/h2-3,6-7,9-10,18,20H,4-5,8,11-17,19H2,1H3,(H,32,39)(H,34,40). The summed E-state index contributed by atoms with van der Waals surface area (Å²) in [6.07, 6.45) is 3.84. The maximum absolute atomic E-state index is 13.2. The van der Waals surface area contributed by atoms with E-state index in [2.05, 4.69) is 79.2 Å². The lowest BCUT2D eigenvalue weighted by molar-refractivity contribution is -0.127. The summed E-state index contributed by atoms with van der Waals surface area (Å²) in [4.78, 5) is 49.4. The molecule has 2 fully saturated rings. The largest absolute Gasteiger partial charge is 0.368 e. The number of benzene rings is 2. The number of hydrogen-bond donors (Lipinski definition) is 2. The first-order valence-corrected chi connectivity index (χ1v) is 16.3. The molecule has 3 aromatic rings. The highest BCUT2D eigenvalue weighted by atomic mass is 127. The fourth-order valence-corrected chi connectivity index (χ4v) is 6.66. The summed E-state index contributed by atoms with van der Waals surface area (Å²) in [5, 5.41) is 6.93. The smallest absolute Gasteiger partial charge is 0.267 e. The Hall–Kier alpha value is -3.19. The Morgan fingerprint density at radius 3 is 2.44 bits per heavy atom. The van der Waals surface area contributed by atoms with E-state index in [1.54, 1.807) is 12.3 Å². The van der Waals surface area contributed by atoms with Crippen LogP contribution in [0.1, 0.15) is 49.9 Å². The van der Waals surface area contributed by atoms with E-state index < -0.39 is 0 Å². The van der Waals surface area contributed by atoms with Crippen LogP contribution in [-0.4, -0.2) is 73.4 Å². The van der Waals surface area contributed by atoms with Gasteiger partial charge in [-0.1, -0.05) is 40.8 Å². The Labute approximate surface area is 258 Å². The van der Waals surface area contributed by atoms with E-state index in [4.69, 9.17) is 0 Å².